The van der Waals surface area contributed by atoms with Gasteiger partial charge in [0.05, 0.1) is 26.1 Å². The van der Waals surface area contributed by atoms with Crippen LogP contribution < -0.4 is 11.1 Å². The number of ether oxygens (including phenoxy) is 1. The number of guanidine groups is 1. The normalized spacial score (nSPS) is 12.3. The Balaban J connectivity index is 0.00000400. The summed E-state index contributed by atoms with van der Waals surface area (Å²) < 4.78 is 4.51. The van der Waals surface area contributed by atoms with Crippen LogP contribution >= 0.6 is 47.2 Å². The maximum atomic E-state index is 10.9. The van der Waals surface area contributed by atoms with Crippen LogP contribution in [0.3, 0.4) is 0 Å². The van der Waals surface area contributed by atoms with Gasteiger partial charge in [0, 0.05) is 10.0 Å². The van der Waals surface area contributed by atoms with E-state index in [-0.39, 0.29) is 54.9 Å². The van der Waals surface area contributed by atoms with E-state index in [1.807, 2.05) is 13.0 Å². The molecule has 0 aliphatic rings. The van der Waals surface area contributed by atoms with Gasteiger partial charge in [0.1, 0.15) is 0 Å². The molecular formula is C13H18Cl2IN3O2. The highest BCUT2D eigenvalue weighted by Gasteiger charge is 2.10. The molecule has 0 heterocycles. The lowest BCUT2D eigenvalue weighted by molar-refractivity contribution is -0.140. The van der Waals surface area contributed by atoms with Crippen LogP contribution in [0.1, 0.15) is 24.9 Å². The predicted octanol–water partition coefficient (Wildman–Crippen LogP) is 3.14. The van der Waals surface area contributed by atoms with E-state index in [0.717, 1.165) is 5.56 Å². The summed E-state index contributed by atoms with van der Waals surface area (Å²) in [6, 6.07) is 5.12. The van der Waals surface area contributed by atoms with E-state index in [9.17, 15) is 4.79 Å². The molecule has 1 atom stereocenters. The van der Waals surface area contributed by atoms with Crippen molar-refractivity contribution < 1.29 is 9.53 Å². The first-order chi connectivity index (χ1) is 9.43. The van der Waals surface area contributed by atoms with Crippen molar-refractivity contribution in [3.05, 3.63) is 33.8 Å². The van der Waals surface area contributed by atoms with Gasteiger partial charge in [-0.1, -0.05) is 29.3 Å². The van der Waals surface area contributed by atoms with E-state index in [1.54, 1.807) is 12.1 Å². The Morgan fingerprint density at radius 2 is 2.14 bits per heavy atom. The minimum absolute atomic E-state index is 0. The summed E-state index contributed by atoms with van der Waals surface area (Å²) in [6.45, 7) is 2.17. The van der Waals surface area contributed by atoms with Gasteiger partial charge in [-0.05, 0) is 24.6 Å². The fourth-order valence-electron chi connectivity index (χ4n) is 1.57. The molecule has 0 fully saturated rings. The molecule has 0 radical (unpaired) electrons. The largest absolute Gasteiger partial charge is 0.469 e. The minimum Gasteiger partial charge on any atom is -0.469 e. The fourth-order valence-corrected chi connectivity index (χ4v) is 2.14. The maximum Gasteiger partial charge on any atom is 0.307 e. The highest BCUT2D eigenvalue weighted by molar-refractivity contribution is 14.0. The van der Waals surface area contributed by atoms with E-state index in [4.69, 9.17) is 28.9 Å². The van der Waals surface area contributed by atoms with Crippen molar-refractivity contribution in [2.45, 2.75) is 19.4 Å². The summed E-state index contributed by atoms with van der Waals surface area (Å²) in [5.41, 5.74) is 6.60. The number of methoxy groups -OCH3 is 1. The molecule has 1 aromatic carbocycles. The van der Waals surface area contributed by atoms with Gasteiger partial charge in [-0.25, -0.2) is 0 Å². The molecule has 0 aliphatic carbocycles. The summed E-state index contributed by atoms with van der Waals surface area (Å²) >= 11 is 11.9. The van der Waals surface area contributed by atoms with Gasteiger partial charge in [0.2, 0.25) is 0 Å². The van der Waals surface area contributed by atoms with Crippen molar-refractivity contribution in [2.24, 2.45) is 10.7 Å². The number of carbonyl (C=O) groups excluding carboxylic acids is 1. The van der Waals surface area contributed by atoms with Gasteiger partial charge in [-0.2, -0.15) is 0 Å². The van der Waals surface area contributed by atoms with Crippen molar-refractivity contribution in [3.8, 4) is 0 Å². The molecule has 0 saturated carbocycles. The number of rotatable bonds is 5. The number of nitrogens with one attached hydrogen (secondary N) is 1. The molecule has 0 aliphatic heterocycles. The molecule has 21 heavy (non-hydrogen) atoms. The van der Waals surface area contributed by atoms with Crippen LogP contribution in [0.4, 0.5) is 0 Å². The number of hydrogen-bond donors (Lipinski definition) is 2. The number of aliphatic imine (C=N–C) groups is 1. The van der Waals surface area contributed by atoms with Gasteiger partial charge in [0.25, 0.3) is 0 Å². The zero-order valence-corrected chi connectivity index (χ0v) is 15.6. The van der Waals surface area contributed by atoms with Gasteiger partial charge in [-0.3, -0.25) is 9.79 Å². The number of nitrogens with two attached hydrogens (primary N) is 1. The molecule has 1 unspecified atom stereocenters. The van der Waals surface area contributed by atoms with Crippen LogP contribution in [-0.2, 0) is 9.53 Å². The maximum absolute atomic E-state index is 10.9. The van der Waals surface area contributed by atoms with Crippen molar-refractivity contribution >= 4 is 59.1 Å². The average molecular weight is 446 g/mol. The van der Waals surface area contributed by atoms with Crippen molar-refractivity contribution in [1.29, 1.82) is 0 Å². The lowest BCUT2D eigenvalue weighted by Gasteiger charge is -2.16. The molecule has 1 aromatic rings. The first-order valence-corrected chi connectivity index (χ1v) is 6.78. The Labute approximate surface area is 151 Å². The Kier molecular flexibility index (Phi) is 9.72. The third kappa shape index (κ3) is 7.19. The number of esters is 1. The van der Waals surface area contributed by atoms with E-state index in [1.165, 1.54) is 7.11 Å². The molecule has 0 bridgehead atoms. The van der Waals surface area contributed by atoms with Gasteiger partial charge >= 0.3 is 5.97 Å². The molecule has 0 amide bonds. The second kappa shape index (κ2) is 10.1. The molecule has 1 rings (SSSR count). The SMILES string of the molecule is COC(=O)CCN=C(N)NC(C)c1ccc(Cl)cc1Cl.I. The van der Waals surface area contributed by atoms with Crippen LogP contribution in [-0.4, -0.2) is 25.6 Å². The summed E-state index contributed by atoms with van der Waals surface area (Å²) in [4.78, 5) is 15.0. The number of benzene rings is 1. The Morgan fingerprint density at radius 1 is 1.48 bits per heavy atom. The van der Waals surface area contributed by atoms with Crippen molar-refractivity contribution in [1.82, 2.24) is 5.32 Å². The third-order valence-electron chi connectivity index (χ3n) is 2.62. The van der Waals surface area contributed by atoms with Gasteiger partial charge < -0.3 is 15.8 Å². The summed E-state index contributed by atoms with van der Waals surface area (Å²) in [5.74, 6) is -0.0808. The van der Waals surface area contributed by atoms with Gasteiger partial charge in [-0.15, -0.1) is 24.0 Å². The van der Waals surface area contributed by atoms with E-state index in [0.29, 0.717) is 10.0 Å². The molecule has 5 nitrogen and oxygen atoms in total. The number of nitrogens with zero attached hydrogens (tertiary/aromatic N) is 1. The van der Waals surface area contributed by atoms with Crippen LogP contribution in [0.2, 0.25) is 10.0 Å². The Morgan fingerprint density at radius 3 is 2.71 bits per heavy atom. The first kappa shape index (κ1) is 20.3. The first-order valence-electron chi connectivity index (χ1n) is 6.02. The molecule has 8 heteroatoms. The second-order valence-corrected chi connectivity index (χ2v) is 4.97. The summed E-state index contributed by atoms with van der Waals surface area (Å²) in [5, 5.41) is 4.13. The quantitative estimate of drug-likeness (QED) is 0.316. The lowest BCUT2D eigenvalue weighted by atomic mass is 10.1. The standard InChI is InChI=1S/C13H17Cl2N3O2.HI/c1-8(10-4-3-9(14)7-11(10)15)18-13(16)17-6-5-12(19)20-2;/h3-4,7-8H,5-6H2,1-2H3,(H3,16,17,18);1H. The monoisotopic (exact) mass is 445 g/mol. The fraction of sp³-hybridized carbons (Fsp3) is 0.385. The third-order valence-corrected chi connectivity index (χ3v) is 3.18. The molecule has 0 spiro atoms. The van der Waals surface area contributed by atoms with Crippen LogP contribution in [0.15, 0.2) is 23.2 Å². The smallest absolute Gasteiger partial charge is 0.307 e. The zero-order valence-electron chi connectivity index (χ0n) is 11.7. The Bertz CT molecular complexity index is 512. The molecule has 118 valence electrons. The highest BCUT2D eigenvalue weighted by atomic mass is 127. The van der Waals surface area contributed by atoms with Crippen molar-refractivity contribution in [2.75, 3.05) is 13.7 Å². The van der Waals surface area contributed by atoms with Crippen molar-refractivity contribution in [3.63, 3.8) is 0 Å². The molecule has 0 saturated heterocycles. The van der Waals surface area contributed by atoms with E-state index in [2.05, 4.69) is 15.0 Å². The molecular weight excluding hydrogens is 428 g/mol. The van der Waals surface area contributed by atoms with E-state index < -0.39 is 0 Å². The predicted molar refractivity (Wildman–Crippen MR) is 96.6 cm³/mol. The zero-order chi connectivity index (χ0) is 15.1. The number of hydrogen-bond acceptors (Lipinski definition) is 3. The van der Waals surface area contributed by atoms with E-state index >= 15 is 0 Å². The topological polar surface area (TPSA) is 76.7 Å². The highest BCUT2D eigenvalue weighted by Crippen LogP contribution is 2.25. The number of halogens is 3. The Hall–Kier alpha value is -0.730. The minimum atomic E-state index is -0.324. The summed E-state index contributed by atoms with van der Waals surface area (Å²) in [6.07, 6.45) is 0.189. The second-order valence-electron chi connectivity index (χ2n) is 4.12. The molecule has 0 aromatic heterocycles. The van der Waals surface area contributed by atoms with Crippen LogP contribution in [0, 0.1) is 0 Å². The van der Waals surface area contributed by atoms with Gasteiger partial charge in [0.15, 0.2) is 5.96 Å². The lowest BCUT2D eigenvalue weighted by Crippen LogP contribution is -2.34. The summed E-state index contributed by atoms with van der Waals surface area (Å²) in [7, 11) is 1.33. The number of carbonyl (C=O) groups is 1. The average Bonchev–Trinajstić information content (AvgIpc) is 2.38. The van der Waals surface area contributed by atoms with Crippen LogP contribution in [0.25, 0.3) is 0 Å². The van der Waals surface area contributed by atoms with Crippen LogP contribution in [0.5, 0.6) is 0 Å². The molecule has 3 N–H and O–H groups in total.